The van der Waals surface area contributed by atoms with Crippen LogP contribution >= 0.6 is 11.3 Å². The Kier molecular flexibility index (Phi) is 5.30. The van der Waals surface area contributed by atoms with Gasteiger partial charge in [-0.15, -0.1) is 16.4 Å². The Labute approximate surface area is 153 Å². The average molecular weight is 356 g/mol. The van der Waals surface area contributed by atoms with Crippen LogP contribution in [0.4, 0.5) is 5.82 Å². The molecule has 25 heavy (non-hydrogen) atoms. The van der Waals surface area contributed by atoms with Crippen molar-refractivity contribution in [3.63, 3.8) is 0 Å². The van der Waals surface area contributed by atoms with Crippen molar-refractivity contribution in [2.45, 2.75) is 33.7 Å². The van der Waals surface area contributed by atoms with E-state index in [4.69, 9.17) is 0 Å². The number of aromatic nitrogens is 3. The summed E-state index contributed by atoms with van der Waals surface area (Å²) in [6.07, 6.45) is 1.12. The van der Waals surface area contributed by atoms with Gasteiger partial charge in [-0.2, -0.15) is 10.4 Å². The summed E-state index contributed by atoms with van der Waals surface area (Å²) in [5.41, 5.74) is 5.48. The summed E-state index contributed by atoms with van der Waals surface area (Å²) in [4.78, 5) is 10.2. The molecule has 0 N–H and O–H groups in total. The van der Waals surface area contributed by atoms with Gasteiger partial charge < -0.3 is 9.80 Å². The highest BCUT2D eigenvalue weighted by molar-refractivity contribution is 7.09. The van der Waals surface area contributed by atoms with Crippen molar-refractivity contribution in [2.24, 2.45) is 5.92 Å². The third-order valence-electron chi connectivity index (χ3n) is 4.96. The van der Waals surface area contributed by atoms with E-state index in [1.54, 1.807) is 11.3 Å². The van der Waals surface area contributed by atoms with Crippen LogP contribution in [0.3, 0.4) is 0 Å². The van der Waals surface area contributed by atoms with E-state index in [-0.39, 0.29) is 0 Å². The maximum Gasteiger partial charge on any atom is 0.169 e. The average Bonchev–Trinajstić information content (AvgIpc) is 3.19. The van der Waals surface area contributed by atoms with E-state index in [1.165, 1.54) is 4.88 Å². The topological polar surface area (TPSA) is 68.9 Å². The van der Waals surface area contributed by atoms with Gasteiger partial charge in [-0.3, -0.25) is 0 Å². The van der Waals surface area contributed by atoms with E-state index in [1.807, 2.05) is 19.4 Å². The summed E-state index contributed by atoms with van der Waals surface area (Å²) in [5.74, 6) is 1.32. The lowest BCUT2D eigenvalue weighted by Gasteiger charge is -2.22. The van der Waals surface area contributed by atoms with Crippen LogP contribution in [0.2, 0.25) is 0 Å². The summed E-state index contributed by atoms with van der Waals surface area (Å²) >= 11 is 1.72. The van der Waals surface area contributed by atoms with E-state index in [0.29, 0.717) is 11.5 Å². The molecule has 0 aromatic carbocycles. The molecule has 0 radical (unpaired) electrons. The van der Waals surface area contributed by atoms with Gasteiger partial charge in [0.05, 0.1) is 16.9 Å². The fourth-order valence-corrected chi connectivity index (χ4v) is 4.21. The number of anilines is 1. The molecule has 3 heterocycles. The molecule has 3 rings (SSSR count). The van der Waals surface area contributed by atoms with Gasteiger partial charge in [-0.25, -0.2) is 4.98 Å². The molecule has 0 spiro atoms. The Morgan fingerprint density at radius 2 is 2.12 bits per heavy atom. The summed E-state index contributed by atoms with van der Waals surface area (Å²) in [7, 11) is 2.17. The van der Waals surface area contributed by atoms with Crippen molar-refractivity contribution in [2.75, 3.05) is 31.6 Å². The molecule has 1 aliphatic rings. The molecule has 0 amide bonds. The molecule has 1 saturated heterocycles. The van der Waals surface area contributed by atoms with Crippen LogP contribution in [-0.4, -0.2) is 46.8 Å². The maximum atomic E-state index is 9.51. The highest BCUT2D eigenvalue weighted by Crippen LogP contribution is 2.27. The number of hydrogen-bond acceptors (Lipinski definition) is 7. The molecule has 132 valence electrons. The third kappa shape index (κ3) is 3.80. The van der Waals surface area contributed by atoms with E-state index in [2.05, 4.69) is 45.0 Å². The summed E-state index contributed by atoms with van der Waals surface area (Å²) < 4.78 is 0. The number of nitriles is 1. The Balaban J connectivity index is 1.63. The van der Waals surface area contributed by atoms with Gasteiger partial charge in [0, 0.05) is 31.1 Å². The number of hydrogen-bond donors (Lipinski definition) is 0. The Hall–Kier alpha value is -2.04. The zero-order chi connectivity index (χ0) is 18.0. The van der Waals surface area contributed by atoms with Crippen LogP contribution in [-0.2, 0) is 6.54 Å². The highest BCUT2D eigenvalue weighted by atomic mass is 32.1. The molecule has 0 saturated carbocycles. The van der Waals surface area contributed by atoms with Crippen LogP contribution in [0.1, 0.15) is 33.8 Å². The van der Waals surface area contributed by atoms with Crippen LogP contribution in [0, 0.1) is 38.0 Å². The fraction of sp³-hybridized carbons (Fsp3) is 0.556. The smallest absolute Gasteiger partial charge is 0.169 e. The molecular weight excluding hydrogens is 332 g/mol. The first kappa shape index (κ1) is 17.8. The van der Waals surface area contributed by atoms with Gasteiger partial charge in [0.1, 0.15) is 11.6 Å². The normalized spacial score (nSPS) is 17.3. The van der Waals surface area contributed by atoms with Crippen molar-refractivity contribution in [3.05, 3.63) is 32.9 Å². The van der Waals surface area contributed by atoms with Crippen LogP contribution in [0.15, 0.2) is 5.51 Å². The van der Waals surface area contributed by atoms with Crippen molar-refractivity contribution >= 4 is 17.2 Å². The van der Waals surface area contributed by atoms with E-state index in [9.17, 15) is 5.26 Å². The highest BCUT2D eigenvalue weighted by Gasteiger charge is 2.27. The molecule has 1 unspecified atom stereocenters. The minimum atomic E-state index is 0.577. The van der Waals surface area contributed by atoms with E-state index >= 15 is 0 Å². The Bertz CT molecular complexity index is 793. The Morgan fingerprint density at radius 1 is 1.32 bits per heavy atom. The van der Waals surface area contributed by atoms with Gasteiger partial charge in [-0.05, 0) is 45.7 Å². The van der Waals surface area contributed by atoms with Crippen molar-refractivity contribution in [1.29, 1.82) is 5.26 Å². The Morgan fingerprint density at radius 3 is 2.80 bits per heavy atom. The van der Waals surface area contributed by atoms with Crippen LogP contribution in [0.5, 0.6) is 0 Å². The van der Waals surface area contributed by atoms with Gasteiger partial charge in [0.15, 0.2) is 5.82 Å². The minimum absolute atomic E-state index is 0.577. The second-order valence-corrected chi connectivity index (χ2v) is 7.82. The molecule has 1 aliphatic heterocycles. The zero-order valence-electron chi connectivity index (χ0n) is 15.3. The van der Waals surface area contributed by atoms with Gasteiger partial charge >= 0.3 is 0 Å². The molecule has 0 aliphatic carbocycles. The maximum absolute atomic E-state index is 9.51. The van der Waals surface area contributed by atoms with Crippen molar-refractivity contribution < 1.29 is 0 Å². The molecule has 2 aromatic rings. The monoisotopic (exact) mass is 356 g/mol. The lowest BCUT2D eigenvalue weighted by Crippen LogP contribution is -2.29. The summed E-state index contributed by atoms with van der Waals surface area (Å²) in [5, 5.41) is 18.0. The predicted octanol–water partition coefficient (Wildman–Crippen LogP) is 2.69. The number of nitrogens with zero attached hydrogens (tertiary/aromatic N) is 6. The van der Waals surface area contributed by atoms with Gasteiger partial charge in [0.2, 0.25) is 0 Å². The second-order valence-electron chi connectivity index (χ2n) is 6.88. The standard InChI is InChI=1S/C18H24N6S/c1-12-13(2)21-22-18(16(12)7-19)24-6-5-15(9-24)8-23(4)10-17-14(3)20-11-25-17/h11,15H,5-6,8-10H2,1-4H3. The first-order valence-corrected chi connectivity index (χ1v) is 9.44. The van der Waals surface area contributed by atoms with Gasteiger partial charge in [-0.1, -0.05) is 0 Å². The molecule has 0 bridgehead atoms. The quantitative estimate of drug-likeness (QED) is 0.820. The largest absolute Gasteiger partial charge is 0.354 e. The lowest BCUT2D eigenvalue weighted by molar-refractivity contribution is 0.281. The van der Waals surface area contributed by atoms with Crippen LogP contribution < -0.4 is 4.90 Å². The number of aryl methyl sites for hydroxylation is 2. The van der Waals surface area contributed by atoms with Gasteiger partial charge in [0.25, 0.3) is 0 Å². The van der Waals surface area contributed by atoms with E-state index in [0.717, 1.165) is 55.4 Å². The first-order chi connectivity index (χ1) is 12.0. The van der Waals surface area contributed by atoms with Crippen molar-refractivity contribution in [1.82, 2.24) is 20.1 Å². The predicted molar refractivity (Wildman–Crippen MR) is 99.7 cm³/mol. The molecule has 6 nitrogen and oxygen atoms in total. The summed E-state index contributed by atoms with van der Waals surface area (Å²) in [6.45, 7) is 9.76. The summed E-state index contributed by atoms with van der Waals surface area (Å²) in [6, 6.07) is 2.31. The van der Waals surface area contributed by atoms with E-state index < -0.39 is 0 Å². The molecule has 1 fully saturated rings. The third-order valence-corrected chi connectivity index (χ3v) is 5.88. The molecular formula is C18H24N6S. The number of thiazole rings is 1. The zero-order valence-corrected chi connectivity index (χ0v) is 16.1. The fourth-order valence-electron chi connectivity index (χ4n) is 3.35. The lowest BCUT2D eigenvalue weighted by atomic mass is 10.1. The molecule has 1 atom stereocenters. The molecule has 2 aromatic heterocycles. The van der Waals surface area contributed by atoms with Crippen molar-refractivity contribution in [3.8, 4) is 6.07 Å². The van der Waals surface area contributed by atoms with Crippen LogP contribution in [0.25, 0.3) is 0 Å². The molecule has 7 heteroatoms. The first-order valence-electron chi connectivity index (χ1n) is 8.56. The number of rotatable bonds is 5. The second kappa shape index (κ2) is 7.46. The minimum Gasteiger partial charge on any atom is -0.354 e. The SMILES string of the molecule is Cc1ncsc1CN(C)CC1CCN(c2nnc(C)c(C)c2C#N)C1.